The quantitative estimate of drug-likeness (QED) is 0.702. The number of rotatable bonds is 5. The predicted octanol–water partition coefficient (Wildman–Crippen LogP) is 3.28. The van der Waals surface area contributed by atoms with Crippen LogP contribution in [-0.2, 0) is 0 Å². The van der Waals surface area contributed by atoms with Crippen LogP contribution in [0.1, 0.15) is 34.8 Å². The zero-order chi connectivity index (χ0) is 19.7. The second kappa shape index (κ2) is 7.49. The fourth-order valence-electron chi connectivity index (χ4n) is 3.61. The summed E-state index contributed by atoms with van der Waals surface area (Å²) in [4.78, 5) is 18.2. The van der Waals surface area contributed by atoms with Crippen LogP contribution in [0.4, 0.5) is 19.0 Å². The number of aromatic amines is 1. The summed E-state index contributed by atoms with van der Waals surface area (Å²) in [7, 11) is 0. The molecule has 1 saturated heterocycles. The zero-order valence-electron chi connectivity index (χ0n) is 14.9. The number of carbonyl (C=O) groups is 1. The van der Waals surface area contributed by atoms with Crippen LogP contribution in [-0.4, -0.2) is 40.9 Å². The second-order valence-corrected chi connectivity index (χ2v) is 6.63. The number of nitrogens with zero attached hydrogens (tertiary/aromatic N) is 3. The topological polar surface area (TPSA) is 73.9 Å². The van der Waals surface area contributed by atoms with E-state index in [0.29, 0.717) is 29.8 Å². The van der Waals surface area contributed by atoms with Crippen molar-refractivity contribution in [3.05, 3.63) is 53.2 Å². The summed E-state index contributed by atoms with van der Waals surface area (Å²) in [6.07, 6.45) is 2.82. The molecule has 0 bridgehead atoms. The van der Waals surface area contributed by atoms with Crippen molar-refractivity contribution in [3.63, 3.8) is 0 Å². The number of nitrogens with one attached hydrogen (secondary N) is 2. The van der Waals surface area contributed by atoms with Crippen molar-refractivity contribution in [1.82, 2.24) is 20.5 Å². The van der Waals surface area contributed by atoms with Gasteiger partial charge < -0.3 is 10.2 Å². The average molecular weight is 389 g/mol. The lowest BCUT2D eigenvalue weighted by Crippen LogP contribution is -2.26. The number of amides is 1. The Hall–Kier alpha value is -3.10. The van der Waals surface area contributed by atoms with Crippen molar-refractivity contribution in [2.45, 2.75) is 18.9 Å². The average Bonchev–Trinajstić information content (AvgIpc) is 3.33. The van der Waals surface area contributed by atoms with Crippen LogP contribution in [0.3, 0.4) is 0 Å². The van der Waals surface area contributed by atoms with Crippen LogP contribution in [0.5, 0.6) is 0 Å². The van der Waals surface area contributed by atoms with Gasteiger partial charge in [0, 0.05) is 24.8 Å². The highest BCUT2D eigenvalue weighted by Crippen LogP contribution is 2.39. The third-order valence-electron chi connectivity index (χ3n) is 4.88. The van der Waals surface area contributed by atoms with Gasteiger partial charge in [0.05, 0.1) is 17.0 Å². The second-order valence-electron chi connectivity index (χ2n) is 6.63. The van der Waals surface area contributed by atoms with Crippen molar-refractivity contribution in [2.75, 3.05) is 24.7 Å². The van der Waals surface area contributed by atoms with Crippen LogP contribution in [0.2, 0.25) is 0 Å². The molecule has 1 amide bonds. The minimum atomic E-state index is -0.660. The molecule has 4 rings (SSSR count). The molecule has 2 aromatic heterocycles. The smallest absolute Gasteiger partial charge is 0.252 e. The summed E-state index contributed by atoms with van der Waals surface area (Å²) < 4.78 is 40.3. The monoisotopic (exact) mass is 389 g/mol. The van der Waals surface area contributed by atoms with Crippen molar-refractivity contribution < 1.29 is 18.0 Å². The van der Waals surface area contributed by atoms with Gasteiger partial charge in [-0.2, -0.15) is 5.10 Å². The highest BCUT2D eigenvalue weighted by atomic mass is 19.1. The van der Waals surface area contributed by atoms with Crippen LogP contribution in [0.15, 0.2) is 30.5 Å². The van der Waals surface area contributed by atoms with E-state index in [4.69, 9.17) is 0 Å². The van der Waals surface area contributed by atoms with Crippen molar-refractivity contribution in [1.29, 1.82) is 0 Å². The molecule has 9 heteroatoms. The molecule has 1 aliphatic heterocycles. The molecule has 3 heterocycles. The molecule has 6 nitrogen and oxygen atoms in total. The summed E-state index contributed by atoms with van der Waals surface area (Å²) in [5.74, 6) is -0.881. The first-order chi connectivity index (χ1) is 13.6. The van der Waals surface area contributed by atoms with Gasteiger partial charge in [-0.05, 0) is 37.1 Å². The van der Waals surface area contributed by atoms with Crippen molar-refractivity contribution >= 4 is 22.8 Å². The molecular formula is C19H18F3N5O. The summed E-state index contributed by atoms with van der Waals surface area (Å²) in [5.41, 5.74) is 1.03. The third kappa shape index (κ3) is 3.28. The number of pyridine rings is 1. The Kier molecular flexibility index (Phi) is 4.89. The van der Waals surface area contributed by atoms with Crippen molar-refractivity contribution in [3.8, 4) is 0 Å². The molecule has 3 aromatic rings. The van der Waals surface area contributed by atoms with Crippen molar-refractivity contribution in [2.24, 2.45) is 0 Å². The van der Waals surface area contributed by atoms with Gasteiger partial charge in [-0.3, -0.25) is 9.89 Å². The van der Waals surface area contributed by atoms with Gasteiger partial charge in [0.15, 0.2) is 11.5 Å². The number of halogens is 3. The number of hydrogen-bond acceptors (Lipinski definition) is 4. The maximum atomic E-state index is 14.3. The van der Waals surface area contributed by atoms with Crippen LogP contribution < -0.4 is 10.2 Å². The maximum absolute atomic E-state index is 14.3. The van der Waals surface area contributed by atoms with E-state index in [9.17, 15) is 18.0 Å². The van der Waals surface area contributed by atoms with Gasteiger partial charge in [-0.25, -0.2) is 18.2 Å². The first-order valence-electron chi connectivity index (χ1n) is 8.98. The Morgan fingerprint density at radius 1 is 1.32 bits per heavy atom. The number of H-pyrrole nitrogens is 1. The lowest BCUT2D eigenvalue weighted by Gasteiger charge is -2.25. The highest BCUT2D eigenvalue weighted by Gasteiger charge is 2.31. The maximum Gasteiger partial charge on any atom is 0.252 e. The predicted molar refractivity (Wildman–Crippen MR) is 97.9 cm³/mol. The number of alkyl halides is 1. The van der Waals surface area contributed by atoms with E-state index in [1.54, 1.807) is 6.07 Å². The molecule has 1 fully saturated rings. The number of aromatic nitrogens is 3. The Bertz CT molecular complexity index is 1020. The molecule has 28 heavy (non-hydrogen) atoms. The molecule has 0 radical (unpaired) electrons. The fraction of sp³-hybridized carbons (Fsp3) is 0.316. The third-order valence-corrected chi connectivity index (χ3v) is 4.88. The van der Waals surface area contributed by atoms with Gasteiger partial charge in [0.25, 0.3) is 5.91 Å². The molecule has 1 aliphatic rings. The van der Waals surface area contributed by atoms with Gasteiger partial charge in [0.1, 0.15) is 18.3 Å². The normalized spacial score (nSPS) is 16.7. The van der Waals surface area contributed by atoms with Gasteiger partial charge >= 0.3 is 0 Å². The first-order valence-corrected chi connectivity index (χ1v) is 8.98. The lowest BCUT2D eigenvalue weighted by molar-refractivity contribution is 0.0950. The number of fused-ring (bicyclic) bond motifs is 1. The molecule has 146 valence electrons. The molecule has 2 N–H and O–H groups in total. The summed E-state index contributed by atoms with van der Waals surface area (Å²) >= 11 is 0. The number of hydrogen-bond donors (Lipinski definition) is 2. The minimum Gasteiger partial charge on any atom is -0.349 e. The molecule has 1 aromatic carbocycles. The number of benzene rings is 1. The lowest BCUT2D eigenvalue weighted by atomic mass is 10.0. The Balaban J connectivity index is 1.71. The summed E-state index contributed by atoms with van der Waals surface area (Å²) in [5, 5.41) is 10.2. The molecule has 0 spiro atoms. The molecule has 1 unspecified atom stereocenters. The van der Waals surface area contributed by atoms with E-state index in [2.05, 4.69) is 20.5 Å². The molecular weight excluding hydrogens is 371 g/mol. The Morgan fingerprint density at radius 2 is 2.18 bits per heavy atom. The van der Waals surface area contributed by atoms with E-state index in [1.807, 2.05) is 4.90 Å². The molecule has 0 saturated carbocycles. The van der Waals surface area contributed by atoms with E-state index in [-0.39, 0.29) is 23.7 Å². The van der Waals surface area contributed by atoms with E-state index in [1.165, 1.54) is 12.3 Å². The summed E-state index contributed by atoms with van der Waals surface area (Å²) in [6, 6.07) is 4.67. The van der Waals surface area contributed by atoms with E-state index < -0.39 is 24.2 Å². The van der Waals surface area contributed by atoms with E-state index >= 15 is 0 Å². The number of anilines is 1. The Morgan fingerprint density at radius 3 is 3.00 bits per heavy atom. The minimum absolute atomic E-state index is 0.0812. The first kappa shape index (κ1) is 18.3. The van der Waals surface area contributed by atoms with Crippen LogP contribution >= 0.6 is 0 Å². The summed E-state index contributed by atoms with van der Waals surface area (Å²) in [6.45, 7) is -0.131. The standard InChI is InChI=1S/C19H18F3N5O/c20-5-6-23-19(28)11-8-14-17(24-10-11)25-26-18(14)27-7-1-2-16(27)13-9-12(21)3-4-15(13)22/h3-4,8-10,16H,1-2,5-7H2,(H,23,28)(H,24,25,26). The zero-order valence-corrected chi connectivity index (χ0v) is 14.9. The Labute approximate surface area is 158 Å². The van der Waals surface area contributed by atoms with Crippen LogP contribution in [0, 0.1) is 11.6 Å². The highest BCUT2D eigenvalue weighted by molar-refractivity contribution is 5.99. The molecule has 1 atom stereocenters. The molecule has 0 aliphatic carbocycles. The van der Waals surface area contributed by atoms with Gasteiger partial charge in [-0.1, -0.05) is 0 Å². The van der Waals surface area contributed by atoms with E-state index in [0.717, 1.165) is 18.6 Å². The largest absolute Gasteiger partial charge is 0.349 e. The number of carbonyl (C=O) groups excluding carboxylic acids is 1. The van der Waals surface area contributed by atoms with Gasteiger partial charge in [0.2, 0.25) is 0 Å². The van der Waals surface area contributed by atoms with Gasteiger partial charge in [-0.15, -0.1) is 0 Å². The van der Waals surface area contributed by atoms with Crippen LogP contribution in [0.25, 0.3) is 11.0 Å². The fourth-order valence-corrected chi connectivity index (χ4v) is 3.61. The SMILES string of the molecule is O=C(NCCF)c1cnc2[nH]nc(N3CCCC3c3cc(F)ccc3F)c2c1.